The van der Waals surface area contributed by atoms with E-state index in [4.69, 9.17) is 17.2 Å². The first-order valence-corrected chi connectivity index (χ1v) is 47.2. The van der Waals surface area contributed by atoms with E-state index in [-0.39, 0.29) is 108 Å². The number of imidazole rings is 1. The lowest BCUT2D eigenvalue weighted by molar-refractivity contribution is -0.149. The Balaban J connectivity index is 1.11. The average Bonchev–Trinajstić information content (AvgIpc) is 1.37. The lowest BCUT2D eigenvalue weighted by atomic mass is 9.99. The van der Waals surface area contributed by atoms with Crippen molar-refractivity contribution in [2.45, 2.75) is 246 Å². The molecule has 9 rings (SSSR count). The molecule has 44 nitrogen and oxygen atoms in total. The smallest absolute Gasteiger partial charge is 0.303 e. The molecule has 0 bridgehead atoms. The van der Waals surface area contributed by atoms with Crippen molar-refractivity contribution >= 4 is 140 Å². The van der Waals surface area contributed by atoms with Crippen LogP contribution in [-0.2, 0) is 112 Å². The van der Waals surface area contributed by atoms with Crippen LogP contribution in [0.4, 0.5) is 0 Å². The summed E-state index contributed by atoms with van der Waals surface area (Å²) in [5, 5.41) is 69.7. The molecule has 137 heavy (non-hydrogen) atoms. The maximum atomic E-state index is 15.9. The number of aliphatic hydroxyl groups excluding tert-OH is 1. The number of primary amides is 1. The van der Waals surface area contributed by atoms with Crippen LogP contribution in [-0.4, -0.2) is 327 Å². The van der Waals surface area contributed by atoms with E-state index in [1.165, 1.54) is 69.8 Å². The van der Waals surface area contributed by atoms with Crippen LogP contribution in [0.1, 0.15) is 152 Å². The zero-order chi connectivity index (χ0) is 99.9. The van der Waals surface area contributed by atoms with Crippen LogP contribution < -0.4 is 70.4 Å². The number of fused-ring (bicyclic) bond motifs is 4. The number of benzene rings is 3. The summed E-state index contributed by atoms with van der Waals surface area (Å²) in [4.78, 5) is 282. The third-order valence-corrected chi connectivity index (χ3v) is 25.8. The van der Waals surface area contributed by atoms with Crippen LogP contribution in [0.3, 0.4) is 0 Å². The molecule has 0 radical (unpaired) electrons. The standard InChI is InChI=1S/C92H128N22O22S/c1-7-9-23-71-85(129)103-63(30-32-77(119)120)82(126)109-70(80(124)99-46-75(95)117)48-137-49-76(118)101-68(38-52-26-28-56(115)29-27-52)88(132)110(4)51(3)79(123)104-65(34-36-94)90(134)113-37-17-25-72(113)86(130)107-67(41-55-45-96-50-100-55)84(128)105-64(31-33-78(121)122)91(135)114-47-57(116)42-74(114)87(131)106-66(39-53-43-97-60-20-13-11-18-58(53)60)83(127)102-62(22-15-16-35-93)81(125)108-69(40-54-44-98-61-21-14-12-19-59(54)61)89(133)112(6)73(24-10-8-2)92(136)111(71)5/h11-14,18-21,26-29,43-45,50-51,57,62-74,97-98,115-116H,7-10,15-17,22-25,30-42,46-49,93-94H2,1-6H3,(H2,95,117)(H,96,100)(H,99,124)(H,101,118)(H,102,127)(H,103,129)(H,104,123)(H,105,128)(H,106,131)(H,107,130)(H,108,125)(H,109,126)(H,119,120)(H,121,122)/t51-,57+,62-,63-,64-,65-,66-,67-,68-,69-,70-,71-,72-,73-,74-/m0/s1. The summed E-state index contributed by atoms with van der Waals surface area (Å²) in [5.74, 6) is -19.2. The van der Waals surface area contributed by atoms with Crippen molar-refractivity contribution in [1.29, 1.82) is 0 Å². The van der Waals surface area contributed by atoms with Crippen LogP contribution in [0, 0.1) is 0 Å². The molecule has 3 saturated heterocycles. The van der Waals surface area contributed by atoms with Crippen LogP contribution in [0.25, 0.3) is 21.8 Å². The highest BCUT2D eigenvalue weighted by molar-refractivity contribution is 8.00. The topological polar surface area (TPSA) is 663 Å². The molecule has 0 spiro atoms. The molecule has 0 aliphatic carbocycles. The molecule has 6 heterocycles. The van der Waals surface area contributed by atoms with Crippen LogP contribution in [0.15, 0.2) is 97.7 Å². The SMILES string of the molecule is CCCC[C@H]1C(=O)N(C)[C@@H](CCCC)C(=O)N[C@@H](CCC(=O)O)C(=O)N[C@H](C(=O)NCC(N)=O)CSCC(=O)N[C@@H](Cc2ccc(O)cc2)C(=O)N(C)[C@@H](C)C(=O)N[C@@H](CCN)C(=O)N2CCC[C@H]2C(=O)N[C@@H](Cc2c[nH]cn2)C(=O)N[C@@H](CCC(=O)O)C(=O)N2C[C@H](O)C[C@H]2C(=O)N[C@@H](Cc2c[nH]c3ccccc23)C(=O)N[C@@H](CCCCN)C(=O)N[C@@H](Cc2c[nH]c3ccccc23)C(=O)N1C. The second kappa shape index (κ2) is 51.9. The number of carboxylic acid groups (broad SMARTS) is 2. The maximum Gasteiger partial charge on any atom is 0.303 e. The molecular formula is C92H128N22O22S. The Hall–Kier alpha value is -13.6. The number of aromatic amines is 3. The van der Waals surface area contributed by atoms with Crippen molar-refractivity contribution < 1.29 is 107 Å². The zero-order valence-corrected chi connectivity index (χ0v) is 78.5. The maximum absolute atomic E-state index is 15.9. The molecule has 16 amide bonds. The van der Waals surface area contributed by atoms with Crippen molar-refractivity contribution in [3.05, 3.63) is 120 Å². The van der Waals surface area contributed by atoms with E-state index in [1.54, 1.807) is 67.8 Å². The van der Waals surface area contributed by atoms with Crippen LogP contribution >= 0.6 is 11.8 Å². The molecule has 45 heteroatoms. The summed E-state index contributed by atoms with van der Waals surface area (Å²) in [7, 11) is 3.90. The fourth-order valence-electron chi connectivity index (χ4n) is 16.9. The number of nitrogens with zero attached hydrogens (tertiary/aromatic N) is 6. The number of aliphatic carboxylic acids is 2. The Morgan fingerprint density at radius 1 is 0.504 bits per heavy atom. The largest absolute Gasteiger partial charge is 0.508 e. The first-order valence-electron chi connectivity index (χ1n) is 46.1. The molecule has 744 valence electrons. The number of aromatic hydroxyl groups is 1. The summed E-state index contributed by atoms with van der Waals surface area (Å²) in [6.07, 6.45) is 1.88. The molecule has 6 aromatic rings. The molecule has 0 saturated carbocycles. The number of rotatable bonds is 29. The number of nitrogens with one attached hydrogen (secondary N) is 13. The molecule has 3 fully saturated rings. The van der Waals surface area contributed by atoms with E-state index in [0.717, 1.165) is 31.4 Å². The van der Waals surface area contributed by atoms with Gasteiger partial charge in [0.05, 0.1) is 30.4 Å². The van der Waals surface area contributed by atoms with E-state index in [0.29, 0.717) is 64.2 Å². The normalized spacial score (nSPS) is 24.6. The monoisotopic (exact) mass is 1920 g/mol. The summed E-state index contributed by atoms with van der Waals surface area (Å²) in [5.41, 5.74) is 20.4. The Bertz CT molecular complexity index is 5250. The van der Waals surface area contributed by atoms with Crippen molar-refractivity contribution in [2.75, 3.05) is 65.4 Å². The van der Waals surface area contributed by atoms with E-state index in [2.05, 4.69) is 73.1 Å². The van der Waals surface area contributed by atoms with Gasteiger partial charge in [-0.2, -0.15) is 0 Å². The minimum Gasteiger partial charge on any atom is -0.508 e. The summed E-state index contributed by atoms with van der Waals surface area (Å²) in [6.45, 7) is 3.49. The number of carboxylic acids is 2. The number of carbonyl (C=O) groups is 18. The fraction of sp³-hybridized carbons (Fsp3) is 0.533. The molecule has 3 aliphatic heterocycles. The number of carbonyl (C=O) groups excluding carboxylic acids is 16. The molecule has 0 unspecified atom stereocenters. The van der Waals surface area contributed by atoms with Gasteiger partial charge in [0.15, 0.2) is 0 Å². The van der Waals surface area contributed by atoms with E-state index in [1.807, 2.05) is 6.92 Å². The Morgan fingerprint density at radius 3 is 1.61 bits per heavy atom. The number of hydrogen-bond donors (Lipinski definition) is 20. The van der Waals surface area contributed by atoms with E-state index < -0.39 is 254 Å². The van der Waals surface area contributed by atoms with Gasteiger partial charge in [0.2, 0.25) is 94.5 Å². The lowest BCUT2D eigenvalue weighted by Gasteiger charge is -2.36. The van der Waals surface area contributed by atoms with Gasteiger partial charge in [-0.25, -0.2) is 4.98 Å². The number of aliphatic hydroxyl groups is 1. The highest BCUT2D eigenvalue weighted by Gasteiger charge is 2.47. The number of H-pyrrole nitrogens is 3. The van der Waals surface area contributed by atoms with Gasteiger partial charge >= 0.3 is 11.9 Å². The quantitative estimate of drug-likeness (QED) is 0.0228. The predicted molar refractivity (Wildman–Crippen MR) is 501 cm³/mol. The highest BCUT2D eigenvalue weighted by Crippen LogP contribution is 2.28. The second-order valence-electron chi connectivity index (χ2n) is 34.7. The van der Waals surface area contributed by atoms with Crippen molar-refractivity contribution in [2.24, 2.45) is 17.2 Å². The third-order valence-electron chi connectivity index (χ3n) is 24.7. The fourth-order valence-corrected chi connectivity index (χ4v) is 17.8. The number of hydrogen-bond acceptors (Lipinski definition) is 24. The minimum atomic E-state index is -1.82. The number of unbranched alkanes of at least 4 members (excludes halogenated alkanes) is 3. The van der Waals surface area contributed by atoms with E-state index >= 15 is 38.4 Å². The molecule has 15 atom stereocenters. The number of nitrogens with two attached hydrogens (primary N) is 3. The number of phenolic OH excluding ortho intramolecular Hbond substituents is 1. The predicted octanol–water partition coefficient (Wildman–Crippen LogP) is -1.90. The lowest BCUT2D eigenvalue weighted by Crippen LogP contribution is -2.61. The first-order chi connectivity index (χ1) is 65.4. The Morgan fingerprint density at radius 2 is 1.01 bits per heavy atom. The van der Waals surface area contributed by atoms with Gasteiger partial charge in [-0.3, -0.25) is 86.3 Å². The summed E-state index contributed by atoms with van der Waals surface area (Å²) >= 11 is 0.727. The number of phenols is 1. The number of likely N-dealkylation sites (N-methyl/N-ethyl adjacent to an activating group) is 3. The number of thioether (sulfide) groups is 1. The van der Waals surface area contributed by atoms with Gasteiger partial charge in [0.1, 0.15) is 90.3 Å². The zero-order valence-electron chi connectivity index (χ0n) is 77.7. The highest BCUT2D eigenvalue weighted by atomic mass is 32.2. The average molecular weight is 1930 g/mol. The van der Waals surface area contributed by atoms with Gasteiger partial charge in [-0.1, -0.05) is 88.1 Å². The van der Waals surface area contributed by atoms with Gasteiger partial charge in [0.25, 0.3) is 0 Å². The molecule has 3 aromatic heterocycles. The second-order valence-corrected chi connectivity index (χ2v) is 35.8. The number of aromatic nitrogens is 4. The molecular weight excluding hydrogens is 1800 g/mol. The van der Waals surface area contributed by atoms with Gasteiger partial charge in [-0.15, -0.1) is 11.8 Å². The Kier molecular flexibility index (Phi) is 40.6. The molecule has 3 aliphatic rings. The number of para-hydroxylation sites is 2. The minimum absolute atomic E-state index is 0.00436. The van der Waals surface area contributed by atoms with Gasteiger partial charge < -0.3 is 130 Å². The third kappa shape index (κ3) is 30.2. The van der Waals surface area contributed by atoms with Crippen LogP contribution in [0.2, 0.25) is 0 Å². The Labute approximate surface area is 795 Å². The number of amides is 16. The van der Waals surface area contributed by atoms with Crippen LogP contribution in [0.5, 0.6) is 5.75 Å². The van der Waals surface area contributed by atoms with Crippen molar-refractivity contribution in [3.8, 4) is 5.75 Å². The summed E-state index contributed by atoms with van der Waals surface area (Å²) < 4.78 is 0. The molecule has 23 N–H and O–H groups in total. The van der Waals surface area contributed by atoms with Crippen molar-refractivity contribution in [1.82, 2.24) is 97.6 Å². The summed E-state index contributed by atoms with van der Waals surface area (Å²) in [6, 6.07) is -2.27. The van der Waals surface area contributed by atoms with E-state index in [9.17, 15) is 68.4 Å². The van der Waals surface area contributed by atoms with Crippen molar-refractivity contribution in [3.63, 3.8) is 0 Å². The molecule has 3 aromatic carbocycles. The first kappa shape index (κ1) is 107. The van der Waals surface area contributed by atoms with Gasteiger partial charge in [0, 0.05) is 125 Å². The van der Waals surface area contributed by atoms with Gasteiger partial charge in [-0.05, 0) is 125 Å².